The minimum Gasteiger partial charge on any atom is -1.00 e. The molecule has 36 heavy (non-hydrogen) atoms. The summed E-state index contributed by atoms with van der Waals surface area (Å²) in [5, 5.41) is 0. The maximum atomic E-state index is 13.6. The lowest BCUT2D eigenvalue weighted by atomic mass is 9.89. The number of piperidine rings is 1. The van der Waals surface area contributed by atoms with Gasteiger partial charge in [0, 0.05) is 38.3 Å². The van der Waals surface area contributed by atoms with Gasteiger partial charge in [0.2, 0.25) is 11.3 Å². The molecule has 9 heteroatoms. The Morgan fingerprint density at radius 1 is 1.14 bits per heavy atom. The molecule has 2 N–H and O–H groups in total. The molecule has 4 heterocycles. The number of ether oxygens (including phenoxy) is 1. The van der Waals surface area contributed by atoms with Crippen LogP contribution in [0.4, 0.5) is 0 Å². The number of pyridine rings is 1. The predicted molar refractivity (Wildman–Crippen MR) is 133 cm³/mol. The second-order valence-electron chi connectivity index (χ2n) is 9.43. The van der Waals surface area contributed by atoms with Gasteiger partial charge in [0.25, 0.3) is 17.1 Å². The Morgan fingerprint density at radius 2 is 1.86 bits per heavy atom. The Balaban J connectivity index is 0.00000180. The lowest BCUT2D eigenvalue weighted by Crippen LogP contribution is -3.13. The van der Waals surface area contributed by atoms with Crippen LogP contribution in [0.25, 0.3) is 16.7 Å². The summed E-state index contributed by atoms with van der Waals surface area (Å²) in [6.07, 6.45) is 4.22. The number of hydrogen-bond acceptors (Lipinski definition) is 3. The van der Waals surface area contributed by atoms with Gasteiger partial charge in [0.1, 0.15) is 11.2 Å². The molecule has 0 amide bonds. The van der Waals surface area contributed by atoms with E-state index in [1.165, 1.54) is 31.5 Å². The zero-order valence-corrected chi connectivity index (χ0v) is 22.7. The fourth-order valence-electron chi connectivity index (χ4n) is 5.56. The van der Waals surface area contributed by atoms with E-state index in [4.69, 9.17) is 9.72 Å². The van der Waals surface area contributed by atoms with E-state index in [0.29, 0.717) is 23.9 Å². The third kappa shape index (κ3) is 5.24. The number of aryl methyl sites for hydroxylation is 3. The van der Waals surface area contributed by atoms with Crippen LogP contribution in [0.1, 0.15) is 49.2 Å². The van der Waals surface area contributed by atoms with Crippen LogP contribution in [0.2, 0.25) is 0 Å². The van der Waals surface area contributed by atoms with Crippen LogP contribution in [0.15, 0.2) is 47.3 Å². The van der Waals surface area contributed by atoms with Crippen LogP contribution in [0, 0.1) is 6.92 Å². The molecule has 0 radical (unpaired) electrons. The first-order valence-corrected chi connectivity index (χ1v) is 12.5. The zero-order valence-electron chi connectivity index (χ0n) is 21.2. The fraction of sp³-hybridized carbons (Fsp3) is 0.444. The van der Waals surface area contributed by atoms with Crippen LogP contribution >= 0.6 is 0 Å². The van der Waals surface area contributed by atoms with Crippen LogP contribution < -0.4 is 44.4 Å². The van der Waals surface area contributed by atoms with Gasteiger partial charge in [-0.05, 0) is 24.5 Å². The summed E-state index contributed by atoms with van der Waals surface area (Å²) in [7, 11) is 1.62. The monoisotopic (exact) mass is 531 g/mol. The van der Waals surface area contributed by atoms with Crippen molar-refractivity contribution in [1.29, 1.82) is 0 Å². The molecule has 1 aliphatic heterocycles. The van der Waals surface area contributed by atoms with Crippen LogP contribution in [-0.4, -0.2) is 41.3 Å². The maximum absolute atomic E-state index is 13.6. The Kier molecular flexibility index (Phi) is 9.39. The Bertz CT molecular complexity index is 1360. The van der Waals surface area contributed by atoms with Crippen LogP contribution in [0.5, 0.6) is 5.88 Å². The number of aromatic amines is 1. The summed E-state index contributed by atoms with van der Waals surface area (Å²) >= 11 is 0. The number of rotatable bonds is 7. The van der Waals surface area contributed by atoms with Gasteiger partial charge in [-0.3, -0.25) is 14.3 Å². The van der Waals surface area contributed by atoms with Crippen LogP contribution in [0.3, 0.4) is 0 Å². The summed E-state index contributed by atoms with van der Waals surface area (Å²) in [6.45, 7) is 8.21. The Labute approximate surface area is 224 Å². The summed E-state index contributed by atoms with van der Waals surface area (Å²) in [5.74, 6) is 2.22. The molecule has 3 aromatic heterocycles. The van der Waals surface area contributed by atoms with Gasteiger partial charge in [-0.1, -0.05) is 42.2 Å². The number of nitrogens with one attached hydrogen (secondary N) is 2. The van der Waals surface area contributed by atoms with Crippen molar-refractivity contribution < 1.29 is 38.9 Å². The second kappa shape index (κ2) is 12.1. The molecule has 1 aliphatic rings. The van der Waals surface area contributed by atoms with E-state index in [1.807, 2.05) is 28.0 Å². The normalized spacial score (nSPS) is 17.5. The molecule has 1 saturated heterocycles. The van der Waals surface area contributed by atoms with E-state index in [9.17, 15) is 4.79 Å². The van der Waals surface area contributed by atoms with Crippen molar-refractivity contribution in [3.8, 4) is 5.88 Å². The van der Waals surface area contributed by atoms with E-state index in [1.54, 1.807) is 12.0 Å². The highest BCUT2D eigenvalue weighted by Crippen LogP contribution is 2.23. The van der Waals surface area contributed by atoms with Gasteiger partial charge >= 0.3 is 0 Å². The molecule has 5 rings (SSSR count). The summed E-state index contributed by atoms with van der Waals surface area (Å²) in [6, 6.07) is 14.7. The number of nitrogens with zero attached hydrogens (tertiary/aromatic N) is 3. The lowest BCUT2D eigenvalue weighted by molar-refractivity contribution is -0.905. The quantitative estimate of drug-likeness (QED) is 0.240. The highest BCUT2D eigenvalue weighted by molar-refractivity contribution is 5.70. The molecule has 194 valence electrons. The Hall–Kier alpha value is -2.61. The molecule has 1 fully saturated rings. The first-order chi connectivity index (χ1) is 16.6. The topological polar surface area (TPSA) is 68.4 Å². The van der Waals surface area contributed by atoms with Crippen LogP contribution in [-0.2, 0) is 13.0 Å². The minimum absolute atomic E-state index is 0. The standard InChI is InChI=1S/C27H33N5O2.2ClH/c1-4-23-28-19(2)25-27(33)31(22-11-12-24(34-3)29-26(22)32(23)25)16-8-15-30-17-13-21(14-18-30)20-9-6-5-7-10-20;;/h5-7,9-12,21H,4,8,13-18H2,1-3H3;2*1H. The predicted octanol–water partition coefficient (Wildman–Crippen LogP) is -3.80. The SMILES string of the molecule is CCc1[nH]c(C)c2c(=O)n(CCC[NH+]3CCC(c4ccccc4)CC3)c3ccc(OC)nc3[n+]12.[Cl-].[Cl-]. The van der Waals surface area contributed by atoms with Gasteiger partial charge < -0.3 is 34.5 Å². The van der Waals surface area contributed by atoms with Crippen molar-refractivity contribution in [2.24, 2.45) is 0 Å². The third-order valence-corrected chi connectivity index (χ3v) is 7.38. The van der Waals surface area contributed by atoms with Gasteiger partial charge in [-0.25, -0.2) is 0 Å². The van der Waals surface area contributed by atoms with Crippen molar-refractivity contribution >= 4 is 16.7 Å². The molecule has 7 nitrogen and oxygen atoms in total. The number of halogens is 2. The Morgan fingerprint density at radius 3 is 2.53 bits per heavy atom. The van der Waals surface area contributed by atoms with E-state index in [0.717, 1.165) is 42.1 Å². The maximum Gasteiger partial charge on any atom is 0.296 e. The summed E-state index contributed by atoms with van der Waals surface area (Å²) in [5.41, 5.74) is 4.71. The molecule has 0 spiro atoms. The van der Waals surface area contributed by atoms with Crippen molar-refractivity contribution in [2.75, 3.05) is 26.7 Å². The highest BCUT2D eigenvalue weighted by atomic mass is 35.5. The van der Waals surface area contributed by atoms with E-state index in [-0.39, 0.29) is 30.4 Å². The molecule has 0 bridgehead atoms. The number of quaternary nitrogens is 1. The molecule has 0 atom stereocenters. The average Bonchev–Trinajstić information content (AvgIpc) is 3.23. The molecule has 4 aromatic rings. The smallest absolute Gasteiger partial charge is 0.296 e. The fourth-order valence-corrected chi connectivity index (χ4v) is 5.56. The van der Waals surface area contributed by atoms with Gasteiger partial charge in [0.05, 0.1) is 26.7 Å². The van der Waals surface area contributed by atoms with E-state index in [2.05, 4.69) is 42.2 Å². The number of aromatic nitrogens is 4. The van der Waals surface area contributed by atoms with E-state index < -0.39 is 0 Å². The molecule has 0 aliphatic carbocycles. The van der Waals surface area contributed by atoms with Crippen molar-refractivity contribution in [1.82, 2.24) is 14.5 Å². The zero-order chi connectivity index (χ0) is 23.7. The van der Waals surface area contributed by atoms with Gasteiger partial charge in [-0.2, -0.15) is 4.40 Å². The highest BCUT2D eigenvalue weighted by Gasteiger charge is 2.26. The van der Waals surface area contributed by atoms with Gasteiger partial charge in [-0.15, -0.1) is 0 Å². The van der Waals surface area contributed by atoms with Crippen molar-refractivity contribution in [2.45, 2.75) is 52.0 Å². The molecule has 0 saturated carbocycles. The second-order valence-corrected chi connectivity index (χ2v) is 9.43. The number of H-pyrrole nitrogens is 1. The summed E-state index contributed by atoms with van der Waals surface area (Å²) in [4.78, 5) is 23.4. The van der Waals surface area contributed by atoms with Gasteiger partial charge in [0.15, 0.2) is 0 Å². The number of methoxy groups -OCH3 is 1. The number of imidazole rings is 1. The van der Waals surface area contributed by atoms with Crippen molar-refractivity contribution in [3.63, 3.8) is 0 Å². The molecule has 1 aromatic carbocycles. The number of benzene rings is 1. The average molecular weight is 533 g/mol. The first-order valence-electron chi connectivity index (χ1n) is 12.5. The number of likely N-dealkylation sites (tertiary alicyclic amines) is 1. The lowest BCUT2D eigenvalue weighted by Gasteiger charge is -2.29. The number of hydrogen-bond donors (Lipinski definition) is 2. The third-order valence-electron chi connectivity index (χ3n) is 7.38. The van der Waals surface area contributed by atoms with Crippen molar-refractivity contribution in [3.05, 3.63) is 69.9 Å². The molecule has 0 unspecified atom stereocenters. The molecular weight excluding hydrogens is 497 g/mol. The minimum atomic E-state index is 0. The number of fused-ring (bicyclic) bond motifs is 3. The first kappa shape index (κ1) is 28.0. The largest absolute Gasteiger partial charge is 1.00 e. The molecular formula is C27H35Cl2N5O2. The summed E-state index contributed by atoms with van der Waals surface area (Å²) < 4.78 is 9.29. The van der Waals surface area contributed by atoms with E-state index >= 15 is 0 Å².